The summed E-state index contributed by atoms with van der Waals surface area (Å²) in [5.41, 5.74) is 10.4. The first-order valence-corrected chi connectivity index (χ1v) is 6.27. The number of hydrogen-bond donors (Lipinski definition) is 3. The van der Waals surface area contributed by atoms with Crippen molar-refractivity contribution in [3.05, 3.63) is 11.8 Å². The number of aryl methyl sites for hydroxylation is 1. The minimum atomic E-state index is -0.874. The highest BCUT2D eigenvalue weighted by atomic mass is 16.3. The number of aromatic nitrogens is 2. The molecule has 1 radical (unpaired) electrons. The molecule has 19 heavy (non-hydrogen) atoms. The monoisotopic (exact) mass is 266 g/mol. The zero-order valence-corrected chi connectivity index (χ0v) is 11.3. The van der Waals surface area contributed by atoms with Crippen molar-refractivity contribution < 1.29 is 9.90 Å². The molecular weight excluding hydrogens is 246 g/mol. The molecule has 105 valence electrons. The number of carbonyl (C=O) groups is 1. The van der Waals surface area contributed by atoms with E-state index in [1.165, 1.54) is 0 Å². The minimum Gasteiger partial charge on any atom is -0.388 e. The Bertz CT molecular complexity index is 482. The number of rotatable bonds is 2. The van der Waals surface area contributed by atoms with E-state index in [2.05, 4.69) is 11.2 Å². The minimum absolute atomic E-state index is 0.0381. The Morgan fingerprint density at radius 1 is 1.63 bits per heavy atom. The van der Waals surface area contributed by atoms with Gasteiger partial charge in [-0.3, -0.25) is 9.48 Å². The quantitative estimate of drug-likeness (QED) is 0.636. The molecule has 1 aromatic heterocycles. The largest absolute Gasteiger partial charge is 0.388 e. The summed E-state index contributed by atoms with van der Waals surface area (Å²) in [4.78, 5) is 13.1. The van der Waals surface area contributed by atoms with Gasteiger partial charge in [0.05, 0.1) is 11.7 Å². The standard InChI is InChI=1S/C12H20N5O2/c1-12(19)6-8(13)3-4-17(7-12)10-5-9(11(14)18)15-16(10)2/h8,19H,3-4,6-7,13H2,1-2H3,(H2,14,18). The van der Waals surface area contributed by atoms with E-state index in [-0.39, 0.29) is 11.7 Å². The van der Waals surface area contributed by atoms with Gasteiger partial charge in [-0.1, -0.05) is 0 Å². The van der Waals surface area contributed by atoms with E-state index in [1.807, 2.05) is 4.90 Å². The van der Waals surface area contributed by atoms with Gasteiger partial charge in [-0.15, -0.1) is 0 Å². The van der Waals surface area contributed by atoms with Crippen molar-refractivity contribution in [2.75, 3.05) is 18.0 Å². The summed E-state index contributed by atoms with van der Waals surface area (Å²) in [5, 5.41) is 14.3. The van der Waals surface area contributed by atoms with Gasteiger partial charge >= 0.3 is 0 Å². The molecule has 0 aliphatic carbocycles. The number of nitrogens with zero attached hydrogens (tertiary/aromatic N) is 3. The molecule has 7 nitrogen and oxygen atoms in total. The maximum absolute atomic E-state index is 11.1. The Balaban J connectivity index is 2.27. The Morgan fingerprint density at radius 2 is 2.32 bits per heavy atom. The highest BCUT2D eigenvalue weighted by Gasteiger charge is 2.31. The third kappa shape index (κ3) is 3.05. The van der Waals surface area contributed by atoms with E-state index in [0.717, 1.165) is 6.42 Å². The Kier molecular flexibility index (Phi) is 3.51. The molecule has 0 aromatic carbocycles. The highest BCUT2D eigenvalue weighted by molar-refractivity contribution is 5.91. The van der Waals surface area contributed by atoms with Crippen molar-refractivity contribution in [2.45, 2.75) is 31.4 Å². The van der Waals surface area contributed by atoms with Crippen LogP contribution < -0.4 is 16.4 Å². The number of carbonyl (C=O) groups excluding carboxylic acids is 1. The molecule has 1 amide bonds. The Labute approximate surface area is 112 Å². The molecule has 0 bridgehead atoms. The average molecular weight is 266 g/mol. The summed E-state index contributed by atoms with van der Waals surface area (Å²) >= 11 is 0. The zero-order valence-electron chi connectivity index (χ0n) is 11.3. The van der Waals surface area contributed by atoms with Crippen LogP contribution in [0, 0.1) is 6.07 Å². The fourth-order valence-corrected chi connectivity index (χ4v) is 2.53. The predicted octanol–water partition coefficient (Wildman–Crippen LogP) is -1.00. The van der Waals surface area contributed by atoms with E-state index in [0.29, 0.717) is 25.3 Å². The fraction of sp³-hybridized carbons (Fsp3) is 0.667. The van der Waals surface area contributed by atoms with Crippen LogP contribution in [-0.4, -0.2) is 45.5 Å². The second-order valence-corrected chi connectivity index (χ2v) is 5.46. The van der Waals surface area contributed by atoms with Crippen LogP contribution in [0.2, 0.25) is 0 Å². The lowest BCUT2D eigenvalue weighted by atomic mass is 9.97. The van der Waals surface area contributed by atoms with Crippen molar-refractivity contribution in [3.8, 4) is 0 Å². The van der Waals surface area contributed by atoms with Crippen LogP contribution in [0.5, 0.6) is 0 Å². The molecule has 2 unspecified atom stereocenters. The summed E-state index contributed by atoms with van der Waals surface area (Å²) in [6, 6.07) is 2.84. The molecule has 2 heterocycles. The van der Waals surface area contributed by atoms with Crippen molar-refractivity contribution in [3.63, 3.8) is 0 Å². The molecule has 1 saturated heterocycles. The van der Waals surface area contributed by atoms with Gasteiger partial charge in [0, 0.05) is 26.2 Å². The highest BCUT2D eigenvalue weighted by Crippen LogP contribution is 2.24. The van der Waals surface area contributed by atoms with Gasteiger partial charge in [0.25, 0.3) is 5.91 Å². The number of anilines is 1. The van der Waals surface area contributed by atoms with Gasteiger partial charge in [0.1, 0.15) is 5.82 Å². The molecule has 2 rings (SSSR count). The summed E-state index contributed by atoms with van der Waals surface area (Å²) in [5.74, 6) is 0.0308. The van der Waals surface area contributed by atoms with E-state index in [4.69, 9.17) is 11.5 Å². The van der Waals surface area contributed by atoms with Gasteiger partial charge in [-0.05, 0) is 19.8 Å². The second kappa shape index (κ2) is 4.82. The topological polar surface area (TPSA) is 110 Å². The third-order valence-corrected chi connectivity index (χ3v) is 3.32. The van der Waals surface area contributed by atoms with Gasteiger partial charge in [0.15, 0.2) is 5.69 Å². The number of hydrogen-bond acceptors (Lipinski definition) is 5. The fourth-order valence-electron chi connectivity index (χ4n) is 2.53. The van der Waals surface area contributed by atoms with E-state index >= 15 is 0 Å². The van der Waals surface area contributed by atoms with Gasteiger partial charge in [-0.25, -0.2) is 0 Å². The first-order valence-electron chi connectivity index (χ1n) is 6.27. The van der Waals surface area contributed by atoms with Gasteiger partial charge in [0.2, 0.25) is 0 Å². The van der Waals surface area contributed by atoms with Crippen LogP contribution in [0.3, 0.4) is 0 Å². The molecule has 1 aliphatic rings. The molecule has 7 heteroatoms. The first-order chi connectivity index (χ1) is 8.78. The van der Waals surface area contributed by atoms with Crippen molar-refractivity contribution in [1.82, 2.24) is 9.78 Å². The molecule has 0 saturated carbocycles. The number of nitrogens with two attached hydrogens (primary N) is 2. The normalized spacial score (nSPS) is 28.2. The summed E-state index contributed by atoms with van der Waals surface area (Å²) in [6.07, 6.45) is 1.31. The second-order valence-electron chi connectivity index (χ2n) is 5.46. The molecule has 1 fully saturated rings. The molecule has 2 atom stereocenters. The number of primary amides is 1. The van der Waals surface area contributed by atoms with Crippen LogP contribution in [0.4, 0.5) is 5.82 Å². The lowest BCUT2D eigenvalue weighted by Crippen LogP contribution is -2.41. The smallest absolute Gasteiger partial charge is 0.269 e. The molecule has 0 spiro atoms. The third-order valence-electron chi connectivity index (χ3n) is 3.32. The van der Waals surface area contributed by atoms with Gasteiger partial charge < -0.3 is 21.5 Å². The van der Waals surface area contributed by atoms with Crippen LogP contribution in [0.1, 0.15) is 30.3 Å². The number of aliphatic hydroxyl groups is 1. The Morgan fingerprint density at radius 3 is 2.89 bits per heavy atom. The van der Waals surface area contributed by atoms with Gasteiger partial charge in [-0.2, -0.15) is 5.10 Å². The summed E-state index contributed by atoms with van der Waals surface area (Å²) in [7, 11) is 1.72. The Hall–Kier alpha value is -1.60. The number of β-amino-alcohol motifs (C(OH)–C–C–N with tert-alkyl or cyclic N) is 1. The van der Waals surface area contributed by atoms with E-state index in [9.17, 15) is 9.90 Å². The van der Waals surface area contributed by atoms with Crippen molar-refractivity contribution >= 4 is 11.7 Å². The van der Waals surface area contributed by atoms with E-state index in [1.54, 1.807) is 18.7 Å². The lowest BCUT2D eigenvalue weighted by molar-refractivity contribution is 0.0567. The summed E-state index contributed by atoms with van der Waals surface area (Å²) < 4.78 is 1.55. The molecule has 5 N–H and O–H groups in total. The SMILES string of the molecule is Cn1nc(C(N)=O)[c]c1N1CCC(N)CC(C)(O)C1. The van der Waals surface area contributed by atoms with Crippen LogP contribution in [-0.2, 0) is 7.05 Å². The van der Waals surface area contributed by atoms with Crippen LogP contribution in [0.25, 0.3) is 0 Å². The van der Waals surface area contributed by atoms with E-state index < -0.39 is 11.5 Å². The van der Waals surface area contributed by atoms with Crippen LogP contribution in [0.15, 0.2) is 0 Å². The van der Waals surface area contributed by atoms with Crippen molar-refractivity contribution in [1.29, 1.82) is 0 Å². The molecule has 1 aliphatic heterocycles. The zero-order chi connectivity index (χ0) is 14.2. The van der Waals surface area contributed by atoms with Crippen LogP contribution >= 0.6 is 0 Å². The first kappa shape index (κ1) is 13.8. The predicted molar refractivity (Wildman–Crippen MR) is 70.6 cm³/mol. The number of amides is 1. The molecule has 1 aromatic rings. The maximum atomic E-state index is 11.1. The molecular formula is C12H20N5O2. The van der Waals surface area contributed by atoms with Crippen molar-refractivity contribution in [2.24, 2.45) is 18.5 Å². The average Bonchev–Trinajstić information content (AvgIpc) is 2.59. The summed E-state index contributed by atoms with van der Waals surface area (Å²) in [6.45, 7) is 2.87. The lowest BCUT2D eigenvalue weighted by Gasteiger charge is -2.29. The maximum Gasteiger partial charge on any atom is 0.269 e.